The Hall–Kier alpha value is -3.53. The van der Waals surface area contributed by atoms with Gasteiger partial charge < -0.3 is 20.6 Å². The standard InChI is InChI=1S/C23H27N7O3/c31-21-18(22(32)33)12-15-13-26-23(28-20(15)30(21)16-4-2-1-3-5-16)27-19-7-6-17(14-25-19)29-10-8-24-9-11-29/h6-7,12-14,16,24H,1-5,8-11H2,(H,32,33)(H,25,26,27,28). The molecule has 10 nitrogen and oxygen atoms in total. The Labute approximate surface area is 190 Å². The van der Waals surface area contributed by atoms with Crippen molar-refractivity contribution in [3.05, 3.63) is 46.5 Å². The Morgan fingerprint density at radius 2 is 1.88 bits per heavy atom. The summed E-state index contributed by atoms with van der Waals surface area (Å²) in [7, 11) is 0. The van der Waals surface area contributed by atoms with Crippen LogP contribution in [-0.4, -0.2) is 56.8 Å². The van der Waals surface area contributed by atoms with Gasteiger partial charge in [0.1, 0.15) is 17.0 Å². The zero-order chi connectivity index (χ0) is 22.8. The van der Waals surface area contributed by atoms with E-state index < -0.39 is 11.5 Å². The second kappa shape index (κ2) is 9.14. The molecule has 1 aliphatic carbocycles. The number of piperazine rings is 1. The van der Waals surface area contributed by atoms with Gasteiger partial charge in [-0.05, 0) is 31.0 Å². The molecule has 3 aromatic rings. The Bertz CT molecular complexity index is 1210. The van der Waals surface area contributed by atoms with Crippen LogP contribution in [0.2, 0.25) is 0 Å². The number of nitrogens with one attached hydrogen (secondary N) is 2. The summed E-state index contributed by atoms with van der Waals surface area (Å²) < 4.78 is 1.56. The normalized spacial score (nSPS) is 17.3. The Kier molecular flexibility index (Phi) is 5.91. The van der Waals surface area contributed by atoms with Crippen molar-refractivity contribution in [3.8, 4) is 0 Å². The van der Waals surface area contributed by atoms with E-state index in [4.69, 9.17) is 0 Å². The minimum atomic E-state index is -1.23. The molecule has 3 aromatic heterocycles. The van der Waals surface area contributed by atoms with Crippen molar-refractivity contribution >= 4 is 34.5 Å². The Balaban J connectivity index is 1.47. The third-order valence-electron chi connectivity index (χ3n) is 6.41. The summed E-state index contributed by atoms with van der Waals surface area (Å²) in [5.74, 6) is -0.318. The van der Waals surface area contributed by atoms with Gasteiger partial charge in [0, 0.05) is 43.8 Å². The van der Waals surface area contributed by atoms with Gasteiger partial charge in [-0.2, -0.15) is 4.98 Å². The summed E-state index contributed by atoms with van der Waals surface area (Å²) in [5.41, 5.74) is 0.758. The highest BCUT2D eigenvalue weighted by Crippen LogP contribution is 2.29. The van der Waals surface area contributed by atoms with Gasteiger partial charge in [0.25, 0.3) is 5.56 Å². The molecule has 1 saturated carbocycles. The molecule has 0 amide bonds. The van der Waals surface area contributed by atoms with Crippen LogP contribution in [0.1, 0.15) is 48.5 Å². The quantitative estimate of drug-likeness (QED) is 0.539. The highest BCUT2D eigenvalue weighted by molar-refractivity contribution is 5.91. The highest BCUT2D eigenvalue weighted by Gasteiger charge is 2.23. The van der Waals surface area contributed by atoms with Gasteiger partial charge in [-0.25, -0.2) is 14.8 Å². The summed E-state index contributed by atoms with van der Waals surface area (Å²) in [6, 6.07) is 5.20. The number of fused-ring (bicyclic) bond motifs is 1. The van der Waals surface area contributed by atoms with Gasteiger partial charge in [-0.15, -0.1) is 0 Å². The third-order valence-corrected chi connectivity index (χ3v) is 6.41. The van der Waals surface area contributed by atoms with Crippen molar-refractivity contribution in [2.24, 2.45) is 0 Å². The van der Waals surface area contributed by atoms with E-state index in [1.165, 1.54) is 6.07 Å². The number of aromatic carboxylic acids is 1. The van der Waals surface area contributed by atoms with Gasteiger partial charge >= 0.3 is 5.97 Å². The fraction of sp³-hybridized carbons (Fsp3) is 0.435. The lowest BCUT2D eigenvalue weighted by molar-refractivity contribution is 0.0694. The van der Waals surface area contributed by atoms with Gasteiger partial charge in [-0.3, -0.25) is 9.36 Å². The van der Waals surface area contributed by atoms with Crippen molar-refractivity contribution in [1.29, 1.82) is 0 Å². The highest BCUT2D eigenvalue weighted by atomic mass is 16.4. The maximum Gasteiger partial charge on any atom is 0.341 e. The van der Waals surface area contributed by atoms with Crippen LogP contribution in [0.3, 0.4) is 0 Å². The molecule has 0 unspecified atom stereocenters. The molecule has 0 aromatic carbocycles. The number of rotatable bonds is 5. The number of aromatic nitrogens is 4. The van der Waals surface area contributed by atoms with Crippen molar-refractivity contribution in [2.75, 3.05) is 36.4 Å². The minimum Gasteiger partial charge on any atom is -0.477 e. The lowest BCUT2D eigenvalue weighted by Crippen LogP contribution is -2.43. The van der Waals surface area contributed by atoms with Crippen molar-refractivity contribution in [2.45, 2.75) is 38.1 Å². The molecule has 0 spiro atoms. The number of anilines is 3. The van der Waals surface area contributed by atoms with Crippen molar-refractivity contribution in [1.82, 2.24) is 24.8 Å². The maximum absolute atomic E-state index is 13.1. The number of hydrogen-bond acceptors (Lipinski definition) is 8. The largest absolute Gasteiger partial charge is 0.477 e. The van der Waals surface area contributed by atoms with Crippen LogP contribution in [0.25, 0.3) is 11.0 Å². The average Bonchev–Trinajstić information content (AvgIpc) is 2.85. The fourth-order valence-corrected chi connectivity index (χ4v) is 4.70. The lowest BCUT2D eigenvalue weighted by Gasteiger charge is -2.29. The molecule has 2 aliphatic rings. The number of carbonyl (C=O) groups is 1. The molecule has 1 aliphatic heterocycles. The smallest absolute Gasteiger partial charge is 0.341 e. The fourth-order valence-electron chi connectivity index (χ4n) is 4.70. The summed E-state index contributed by atoms with van der Waals surface area (Å²) in [6.45, 7) is 3.80. The molecule has 5 rings (SSSR count). The Morgan fingerprint density at radius 3 is 2.58 bits per heavy atom. The number of nitrogens with zero attached hydrogens (tertiary/aromatic N) is 5. The summed E-state index contributed by atoms with van der Waals surface area (Å²) in [6.07, 6.45) is 8.20. The molecular weight excluding hydrogens is 422 g/mol. The molecule has 2 fully saturated rings. The average molecular weight is 450 g/mol. The van der Waals surface area contributed by atoms with Gasteiger partial charge in [0.2, 0.25) is 5.95 Å². The van der Waals surface area contributed by atoms with Gasteiger partial charge in [0.15, 0.2) is 0 Å². The van der Waals surface area contributed by atoms with Crippen LogP contribution >= 0.6 is 0 Å². The molecule has 3 N–H and O–H groups in total. The van der Waals surface area contributed by atoms with E-state index in [0.717, 1.165) is 64.0 Å². The lowest BCUT2D eigenvalue weighted by atomic mass is 9.95. The topological polar surface area (TPSA) is 125 Å². The zero-order valence-electron chi connectivity index (χ0n) is 18.3. The SMILES string of the molecule is O=C(O)c1cc2cnc(Nc3ccc(N4CCNCC4)cn3)nc2n(C2CCCCC2)c1=O. The summed E-state index contributed by atoms with van der Waals surface area (Å²) in [5, 5.41) is 16.5. The van der Waals surface area contributed by atoms with Gasteiger partial charge in [-0.1, -0.05) is 19.3 Å². The van der Waals surface area contributed by atoms with Crippen LogP contribution in [0.15, 0.2) is 35.4 Å². The molecule has 10 heteroatoms. The van der Waals surface area contributed by atoms with Crippen LogP contribution in [-0.2, 0) is 0 Å². The zero-order valence-corrected chi connectivity index (χ0v) is 18.3. The number of carboxylic acid groups (broad SMARTS) is 1. The van der Waals surface area contributed by atoms with E-state index in [1.807, 2.05) is 18.3 Å². The molecule has 172 valence electrons. The number of pyridine rings is 2. The first-order valence-electron chi connectivity index (χ1n) is 11.4. The van der Waals surface area contributed by atoms with E-state index in [1.54, 1.807) is 10.8 Å². The van der Waals surface area contributed by atoms with Crippen molar-refractivity contribution in [3.63, 3.8) is 0 Å². The van der Waals surface area contributed by atoms with E-state index in [0.29, 0.717) is 22.8 Å². The molecule has 0 atom stereocenters. The van der Waals surface area contributed by atoms with Crippen LogP contribution in [0, 0.1) is 0 Å². The molecule has 4 heterocycles. The summed E-state index contributed by atoms with van der Waals surface area (Å²) >= 11 is 0. The molecule has 0 bridgehead atoms. The second-order valence-corrected chi connectivity index (χ2v) is 8.57. The molecule has 1 saturated heterocycles. The van der Waals surface area contributed by atoms with Crippen LogP contribution in [0.4, 0.5) is 17.5 Å². The van der Waals surface area contributed by atoms with E-state index in [-0.39, 0.29) is 11.6 Å². The third kappa shape index (κ3) is 4.38. The number of hydrogen-bond donors (Lipinski definition) is 3. The summed E-state index contributed by atoms with van der Waals surface area (Å²) in [4.78, 5) is 40.5. The van der Waals surface area contributed by atoms with E-state index in [2.05, 4.69) is 30.5 Å². The van der Waals surface area contributed by atoms with Crippen LogP contribution < -0.4 is 21.1 Å². The number of carboxylic acids is 1. The second-order valence-electron chi connectivity index (χ2n) is 8.57. The Morgan fingerprint density at radius 1 is 1.09 bits per heavy atom. The molecule has 0 radical (unpaired) electrons. The van der Waals surface area contributed by atoms with Gasteiger partial charge in [0.05, 0.1) is 11.9 Å². The minimum absolute atomic E-state index is 0.0627. The van der Waals surface area contributed by atoms with Crippen LogP contribution in [0.5, 0.6) is 0 Å². The van der Waals surface area contributed by atoms with E-state index >= 15 is 0 Å². The first-order chi connectivity index (χ1) is 16.1. The first-order valence-corrected chi connectivity index (χ1v) is 11.4. The maximum atomic E-state index is 13.1. The predicted molar refractivity (Wildman–Crippen MR) is 125 cm³/mol. The van der Waals surface area contributed by atoms with Crippen molar-refractivity contribution < 1.29 is 9.90 Å². The monoisotopic (exact) mass is 449 g/mol. The molecule has 33 heavy (non-hydrogen) atoms. The molecular formula is C23H27N7O3. The first kappa shape index (κ1) is 21.3. The van der Waals surface area contributed by atoms with E-state index in [9.17, 15) is 14.7 Å². The predicted octanol–water partition coefficient (Wildman–Crippen LogP) is 2.54.